The van der Waals surface area contributed by atoms with Crippen LogP contribution in [0.4, 0.5) is 5.69 Å². The summed E-state index contributed by atoms with van der Waals surface area (Å²) in [5, 5.41) is 0. The Morgan fingerprint density at radius 1 is 0.854 bits per heavy atom. The lowest BCUT2D eigenvalue weighted by Gasteiger charge is -2.16. The minimum Gasteiger partial charge on any atom is -0.496 e. The maximum Gasteiger partial charge on any atom is 0.180 e. The average Bonchev–Trinajstić information content (AvgIpc) is 3.64. The first-order valence-electron chi connectivity index (χ1n) is 13.5. The van der Waals surface area contributed by atoms with Gasteiger partial charge in [0, 0.05) is 42.5 Å². The second kappa shape index (κ2) is 12.2. The van der Waals surface area contributed by atoms with Crippen molar-refractivity contribution in [1.82, 2.24) is 8.75 Å². The zero-order valence-corrected chi connectivity index (χ0v) is 24.9. The molecule has 0 spiro atoms. The van der Waals surface area contributed by atoms with Crippen molar-refractivity contribution in [1.29, 1.82) is 0 Å². The molecule has 8 heteroatoms. The van der Waals surface area contributed by atoms with Crippen molar-refractivity contribution in [2.24, 2.45) is 5.92 Å². The molecule has 0 amide bonds. The third-order valence-corrected chi connectivity index (χ3v) is 8.64. The molecule has 1 aliphatic carbocycles. The van der Waals surface area contributed by atoms with Crippen LogP contribution in [0.15, 0.2) is 60.7 Å². The summed E-state index contributed by atoms with van der Waals surface area (Å²) in [6.45, 7) is 1.06. The molecule has 41 heavy (non-hydrogen) atoms. The molecule has 1 atom stereocenters. The van der Waals surface area contributed by atoms with E-state index in [9.17, 15) is 0 Å². The van der Waals surface area contributed by atoms with Gasteiger partial charge >= 0.3 is 0 Å². The number of benzene rings is 2. The second-order valence-electron chi connectivity index (χ2n) is 9.95. The molecule has 2 aliphatic rings. The molecule has 1 unspecified atom stereocenters. The molecule has 3 heterocycles. The molecule has 0 radical (unpaired) electrons. The highest BCUT2D eigenvalue weighted by Crippen LogP contribution is 2.46. The summed E-state index contributed by atoms with van der Waals surface area (Å²) in [6.07, 6.45) is 22.3. The van der Waals surface area contributed by atoms with Gasteiger partial charge in [-0.05, 0) is 42.7 Å². The molecule has 1 aliphatic heterocycles. The molecule has 0 saturated heterocycles. The van der Waals surface area contributed by atoms with Gasteiger partial charge in [-0.15, -0.1) is 11.3 Å². The molecule has 0 fully saturated rings. The number of fused-ring (bicyclic) bond motifs is 2. The summed E-state index contributed by atoms with van der Waals surface area (Å²) in [7, 11) is 5.73. The Morgan fingerprint density at radius 2 is 1.51 bits per heavy atom. The van der Waals surface area contributed by atoms with E-state index in [0.717, 1.165) is 66.8 Å². The normalized spacial score (nSPS) is 16.5. The summed E-state index contributed by atoms with van der Waals surface area (Å²) in [4.78, 5) is 4.07. The highest BCUT2D eigenvalue weighted by molar-refractivity contribution is 7.14. The minimum atomic E-state index is 0.412. The number of thiophene rings is 1. The first kappa shape index (κ1) is 27.1. The van der Waals surface area contributed by atoms with Crippen molar-refractivity contribution in [2.45, 2.75) is 6.42 Å². The smallest absolute Gasteiger partial charge is 0.180 e. The van der Waals surface area contributed by atoms with Crippen LogP contribution in [-0.2, 0) is 0 Å². The molecular formula is C33H31N3O3S2. The fourth-order valence-electron chi connectivity index (χ4n) is 4.81. The Morgan fingerprint density at radius 3 is 2.15 bits per heavy atom. The van der Waals surface area contributed by atoms with Gasteiger partial charge < -0.3 is 19.1 Å². The number of anilines is 1. The van der Waals surface area contributed by atoms with E-state index in [1.165, 1.54) is 11.7 Å². The Balaban J connectivity index is 1.28. The molecule has 6 nitrogen and oxygen atoms in total. The van der Waals surface area contributed by atoms with Crippen molar-refractivity contribution < 1.29 is 14.2 Å². The fraction of sp³-hybridized carbons (Fsp3) is 0.212. The van der Waals surface area contributed by atoms with E-state index in [1.807, 2.05) is 20.2 Å². The van der Waals surface area contributed by atoms with E-state index in [4.69, 9.17) is 14.2 Å². The van der Waals surface area contributed by atoms with Gasteiger partial charge in [0.1, 0.15) is 30.0 Å². The molecular weight excluding hydrogens is 551 g/mol. The van der Waals surface area contributed by atoms with Crippen LogP contribution in [0.5, 0.6) is 17.2 Å². The number of hydrogen-bond acceptors (Lipinski definition) is 8. The molecule has 0 bridgehead atoms. The minimum absolute atomic E-state index is 0.412. The Kier molecular flexibility index (Phi) is 8.02. The number of ether oxygens (including phenoxy) is 3. The Labute approximate surface area is 248 Å². The van der Waals surface area contributed by atoms with Crippen LogP contribution in [-0.4, -0.2) is 43.2 Å². The number of rotatable bonds is 8. The standard InChI is InChI=1S/C33H31N3O3S2/c1-36(2)26-16-13-23(27(21-26)37-3)14-17-28-32-33(39-20-19-38-32)29(40-28)18-15-25-12-11-24(30-31(25)35-41-34-30)10-9-22-7-5-4-6-8-22/h4-7,9-18,21-22H,8,19-20H2,1-3H3/b10-9+,17-14+,18-15+. The lowest BCUT2D eigenvalue weighted by atomic mass is 9.99. The molecule has 0 saturated carbocycles. The maximum atomic E-state index is 6.07. The Hall–Kier alpha value is -4.14. The molecule has 6 rings (SSSR count). The number of allylic oxidation sites excluding steroid dienone is 5. The molecule has 2 aromatic carbocycles. The zero-order valence-electron chi connectivity index (χ0n) is 23.2. The largest absolute Gasteiger partial charge is 0.496 e. The monoisotopic (exact) mass is 581 g/mol. The van der Waals surface area contributed by atoms with E-state index >= 15 is 0 Å². The van der Waals surface area contributed by atoms with Gasteiger partial charge in [-0.3, -0.25) is 0 Å². The van der Waals surface area contributed by atoms with E-state index < -0.39 is 0 Å². The summed E-state index contributed by atoms with van der Waals surface area (Å²) >= 11 is 2.88. The average molecular weight is 582 g/mol. The third kappa shape index (κ3) is 5.85. The van der Waals surface area contributed by atoms with Gasteiger partial charge in [0.25, 0.3) is 0 Å². The Bertz CT molecular complexity index is 1710. The van der Waals surface area contributed by atoms with Gasteiger partial charge in [0.2, 0.25) is 0 Å². The fourth-order valence-corrected chi connectivity index (χ4v) is 6.39. The summed E-state index contributed by atoms with van der Waals surface area (Å²) in [5.74, 6) is 2.80. The van der Waals surface area contributed by atoms with Crippen LogP contribution >= 0.6 is 23.1 Å². The highest BCUT2D eigenvalue weighted by atomic mass is 32.1. The van der Waals surface area contributed by atoms with Crippen molar-refractivity contribution in [3.8, 4) is 17.2 Å². The SMILES string of the molecule is COc1cc(N(C)C)ccc1/C=C/c1sc(/C=C/c2ccc(/C=C/C3C=CC=CC3)c3nsnc23)c2c1OCCO2. The van der Waals surface area contributed by atoms with Crippen molar-refractivity contribution in [2.75, 3.05) is 39.3 Å². The predicted molar refractivity (Wildman–Crippen MR) is 173 cm³/mol. The topological polar surface area (TPSA) is 56.7 Å². The number of aromatic nitrogens is 2. The molecule has 2 aromatic heterocycles. The molecule has 208 valence electrons. The first-order valence-corrected chi connectivity index (χ1v) is 15.1. The van der Waals surface area contributed by atoms with Crippen molar-refractivity contribution >= 4 is 70.2 Å². The predicted octanol–water partition coefficient (Wildman–Crippen LogP) is 8.08. The van der Waals surface area contributed by atoms with Gasteiger partial charge in [-0.2, -0.15) is 8.75 Å². The third-order valence-electron chi connectivity index (χ3n) is 7.03. The maximum absolute atomic E-state index is 6.07. The number of nitrogens with zero attached hydrogens (tertiary/aromatic N) is 3. The van der Waals surface area contributed by atoms with E-state index in [2.05, 4.69) is 98.7 Å². The zero-order chi connectivity index (χ0) is 28.2. The quantitative estimate of drug-likeness (QED) is 0.210. The van der Waals surface area contributed by atoms with E-state index in [-0.39, 0.29) is 0 Å². The van der Waals surface area contributed by atoms with Crippen LogP contribution in [0.25, 0.3) is 41.4 Å². The lowest BCUT2D eigenvalue weighted by Crippen LogP contribution is -2.14. The molecule has 0 N–H and O–H groups in total. The lowest BCUT2D eigenvalue weighted by molar-refractivity contribution is 0.173. The summed E-state index contributed by atoms with van der Waals surface area (Å²) < 4.78 is 27.0. The van der Waals surface area contributed by atoms with Crippen LogP contribution in [0.3, 0.4) is 0 Å². The van der Waals surface area contributed by atoms with Crippen LogP contribution < -0.4 is 19.1 Å². The summed E-state index contributed by atoms with van der Waals surface area (Å²) in [6, 6.07) is 10.4. The van der Waals surface area contributed by atoms with Crippen molar-refractivity contribution in [3.05, 3.63) is 87.2 Å². The summed E-state index contributed by atoms with van der Waals surface area (Å²) in [5.41, 5.74) is 6.02. The van der Waals surface area contributed by atoms with Crippen LogP contribution in [0.1, 0.15) is 32.9 Å². The number of methoxy groups -OCH3 is 1. The second-order valence-corrected chi connectivity index (χ2v) is 11.6. The van der Waals surface area contributed by atoms with Gasteiger partial charge in [0.15, 0.2) is 11.5 Å². The van der Waals surface area contributed by atoms with Gasteiger partial charge in [-0.1, -0.05) is 54.7 Å². The van der Waals surface area contributed by atoms with E-state index in [1.54, 1.807) is 18.4 Å². The van der Waals surface area contributed by atoms with Gasteiger partial charge in [0.05, 0.1) is 28.6 Å². The number of hydrogen-bond donors (Lipinski definition) is 0. The molecule has 4 aromatic rings. The first-order chi connectivity index (χ1) is 20.1. The van der Waals surface area contributed by atoms with Gasteiger partial charge in [-0.25, -0.2) is 0 Å². The van der Waals surface area contributed by atoms with E-state index in [0.29, 0.717) is 19.1 Å². The van der Waals surface area contributed by atoms with Crippen LogP contribution in [0, 0.1) is 5.92 Å². The highest BCUT2D eigenvalue weighted by Gasteiger charge is 2.22. The van der Waals surface area contributed by atoms with Crippen molar-refractivity contribution in [3.63, 3.8) is 0 Å². The van der Waals surface area contributed by atoms with Crippen LogP contribution in [0.2, 0.25) is 0 Å².